The maximum atomic E-state index is 7.29. The second-order valence-corrected chi connectivity index (χ2v) is 22.8. The fourth-order valence-electron chi connectivity index (χ4n) is 12.1. The molecule has 0 radical (unpaired) electrons. The van der Waals surface area contributed by atoms with E-state index in [-0.39, 0.29) is 23.1 Å². The first-order valence-electron chi connectivity index (χ1n) is 23.5. The third-order valence-electron chi connectivity index (χ3n) is 15.5. The lowest BCUT2D eigenvalue weighted by molar-refractivity contribution is 0.590. The van der Waals surface area contributed by atoms with Gasteiger partial charge in [0.05, 0.1) is 22.1 Å². The SMILES string of the molecule is CC(C)(C)c1ccc(N2B3c4sc5cc(-c6ccccc6)ccc5c4-n4c5ccc(C(C)(C)C)cc5c5c6oc7ccccc7c6c(c3c54)-c3cc4c(cc32)-c2ccccc2C4(C)C)cc1. The van der Waals surface area contributed by atoms with Gasteiger partial charge in [-0.3, -0.25) is 0 Å². The van der Waals surface area contributed by atoms with Gasteiger partial charge in [-0.2, -0.15) is 0 Å². The van der Waals surface area contributed by atoms with Crippen molar-refractivity contribution in [2.45, 2.75) is 71.6 Å². The average Bonchev–Trinajstić information content (AvgIpc) is 4.04. The van der Waals surface area contributed by atoms with Crippen LogP contribution in [0.2, 0.25) is 0 Å². The molecule has 0 atom stereocenters. The Morgan fingerprint density at radius 3 is 2.09 bits per heavy atom. The molecular formula is C61H49BN2OS. The third kappa shape index (κ3) is 4.94. The van der Waals surface area contributed by atoms with Crippen LogP contribution in [0, 0.1) is 0 Å². The summed E-state index contributed by atoms with van der Waals surface area (Å²) in [7, 11) is 0. The Balaban J connectivity index is 1.21. The maximum absolute atomic E-state index is 7.29. The van der Waals surface area contributed by atoms with Gasteiger partial charge in [0.25, 0.3) is 0 Å². The van der Waals surface area contributed by atoms with Crippen molar-refractivity contribution in [3.05, 3.63) is 174 Å². The molecule has 1 aliphatic carbocycles. The molecule has 0 fully saturated rings. The molecule has 5 heterocycles. The van der Waals surface area contributed by atoms with Gasteiger partial charge in [0.2, 0.25) is 0 Å². The molecule has 318 valence electrons. The van der Waals surface area contributed by atoms with E-state index in [1.54, 1.807) is 0 Å². The van der Waals surface area contributed by atoms with Crippen LogP contribution in [-0.4, -0.2) is 11.4 Å². The topological polar surface area (TPSA) is 21.3 Å². The minimum Gasteiger partial charge on any atom is -0.455 e. The lowest BCUT2D eigenvalue weighted by atomic mass is 9.46. The first-order chi connectivity index (χ1) is 31.8. The molecule has 0 N–H and O–H groups in total. The predicted octanol–water partition coefficient (Wildman–Crippen LogP) is 15.7. The molecule has 3 aromatic heterocycles. The highest BCUT2D eigenvalue weighted by Gasteiger charge is 2.49. The fourth-order valence-corrected chi connectivity index (χ4v) is 13.5. The van der Waals surface area contributed by atoms with Crippen LogP contribution in [0.5, 0.6) is 0 Å². The smallest absolute Gasteiger partial charge is 0.343 e. The zero-order valence-corrected chi connectivity index (χ0v) is 39.5. The van der Waals surface area contributed by atoms with Crippen LogP contribution in [-0.2, 0) is 16.2 Å². The highest BCUT2D eigenvalue weighted by Crippen LogP contribution is 2.57. The summed E-state index contributed by atoms with van der Waals surface area (Å²) in [5.41, 5.74) is 22.4. The van der Waals surface area contributed by atoms with Crippen molar-refractivity contribution in [1.29, 1.82) is 0 Å². The summed E-state index contributed by atoms with van der Waals surface area (Å²) in [5.74, 6) is 0. The quantitative estimate of drug-likeness (QED) is 0.161. The maximum Gasteiger partial charge on any atom is 0.343 e. The molecule has 0 saturated heterocycles. The van der Waals surface area contributed by atoms with Crippen LogP contribution in [0.25, 0.3) is 92.9 Å². The van der Waals surface area contributed by atoms with Crippen molar-refractivity contribution in [3.8, 4) is 39.1 Å². The standard InChI is InChI=1S/C61H49BN2OS/c1-59(2,3)36-23-26-38(27-24-36)64-48-33-42-39-18-12-14-20-45(39)61(7,8)46(42)32-44(48)51-52-40-19-13-15-21-49(40)65-57(52)53-43-31-37(60(4,5)6)25-29-47(43)63-55-41-28-22-35(34-16-10-9-11-17-34)30-50(41)66-58(55)62(64)54(51)56(53)63/h9-33H,1-8H3. The van der Waals surface area contributed by atoms with E-state index >= 15 is 0 Å². The highest BCUT2D eigenvalue weighted by atomic mass is 32.1. The first kappa shape index (κ1) is 38.5. The van der Waals surface area contributed by atoms with Gasteiger partial charge < -0.3 is 13.8 Å². The van der Waals surface area contributed by atoms with E-state index in [0.717, 1.165) is 11.2 Å². The van der Waals surface area contributed by atoms with Crippen molar-refractivity contribution < 1.29 is 4.42 Å². The van der Waals surface area contributed by atoms with Crippen molar-refractivity contribution in [3.63, 3.8) is 0 Å². The van der Waals surface area contributed by atoms with E-state index in [0.29, 0.717) is 0 Å². The number of fused-ring (bicyclic) bond motifs is 18. The number of anilines is 2. The fraction of sp³-hybridized carbons (Fsp3) is 0.180. The normalized spacial score (nSPS) is 14.7. The Hall–Kier alpha value is -6.82. The Kier molecular flexibility index (Phi) is 7.43. The largest absolute Gasteiger partial charge is 0.455 e. The van der Waals surface area contributed by atoms with E-state index in [1.165, 1.54) is 126 Å². The molecule has 0 amide bonds. The van der Waals surface area contributed by atoms with Gasteiger partial charge >= 0.3 is 6.85 Å². The monoisotopic (exact) mass is 868 g/mol. The van der Waals surface area contributed by atoms with Gasteiger partial charge in [-0.25, -0.2) is 0 Å². The second kappa shape index (κ2) is 12.7. The minimum absolute atomic E-state index is 0.0218. The summed E-state index contributed by atoms with van der Waals surface area (Å²) < 4.78 is 12.6. The zero-order chi connectivity index (χ0) is 44.8. The van der Waals surface area contributed by atoms with Crippen LogP contribution < -0.4 is 15.1 Å². The molecule has 0 saturated carbocycles. The number of hydrogen-bond donors (Lipinski definition) is 0. The Bertz CT molecular complexity index is 3920. The molecule has 0 spiro atoms. The number of benzene rings is 8. The van der Waals surface area contributed by atoms with Gasteiger partial charge in [0.1, 0.15) is 11.2 Å². The van der Waals surface area contributed by atoms with Gasteiger partial charge in [-0.05, 0) is 115 Å². The van der Waals surface area contributed by atoms with Crippen molar-refractivity contribution >= 4 is 93.6 Å². The van der Waals surface area contributed by atoms with E-state index < -0.39 is 0 Å². The number of rotatable bonds is 2. The van der Waals surface area contributed by atoms with Crippen molar-refractivity contribution in [2.75, 3.05) is 4.81 Å². The molecular weight excluding hydrogens is 820 g/mol. The molecule has 3 nitrogen and oxygen atoms in total. The predicted molar refractivity (Wildman–Crippen MR) is 283 cm³/mol. The van der Waals surface area contributed by atoms with E-state index in [2.05, 4.69) is 216 Å². The van der Waals surface area contributed by atoms with Gasteiger partial charge in [-0.1, -0.05) is 159 Å². The Morgan fingerprint density at radius 2 is 1.30 bits per heavy atom. The molecule has 0 bridgehead atoms. The van der Waals surface area contributed by atoms with E-state index in [1.807, 2.05) is 11.3 Å². The number of para-hydroxylation sites is 1. The van der Waals surface area contributed by atoms with Gasteiger partial charge in [-0.15, -0.1) is 11.3 Å². The third-order valence-corrected chi connectivity index (χ3v) is 16.7. The summed E-state index contributed by atoms with van der Waals surface area (Å²) in [6, 6.07) is 57.7. The minimum atomic E-state index is -0.177. The summed E-state index contributed by atoms with van der Waals surface area (Å²) in [6.07, 6.45) is 0. The molecule has 14 rings (SSSR count). The number of thiophene rings is 1. The molecule has 8 aromatic carbocycles. The van der Waals surface area contributed by atoms with Crippen LogP contribution in [0.1, 0.15) is 77.6 Å². The second-order valence-electron chi connectivity index (χ2n) is 21.7. The van der Waals surface area contributed by atoms with Crippen LogP contribution in [0.15, 0.2) is 156 Å². The number of aromatic nitrogens is 1. The lowest BCUT2D eigenvalue weighted by Gasteiger charge is -2.42. The summed E-state index contributed by atoms with van der Waals surface area (Å²) in [6.45, 7) is 18.6. The van der Waals surface area contributed by atoms with E-state index in [9.17, 15) is 0 Å². The van der Waals surface area contributed by atoms with E-state index in [4.69, 9.17) is 4.42 Å². The van der Waals surface area contributed by atoms with Gasteiger partial charge in [0, 0.05) is 53.4 Å². The van der Waals surface area contributed by atoms with Crippen LogP contribution in [0.3, 0.4) is 0 Å². The van der Waals surface area contributed by atoms with Crippen LogP contribution >= 0.6 is 11.3 Å². The number of nitrogens with zero attached hydrogens (tertiary/aromatic N) is 2. The summed E-state index contributed by atoms with van der Waals surface area (Å²) >= 11 is 1.97. The van der Waals surface area contributed by atoms with Gasteiger partial charge in [0.15, 0.2) is 0 Å². The lowest BCUT2D eigenvalue weighted by Crippen LogP contribution is -2.59. The summed E-state index contributed by atoms with van der Waals surface area (Å²) in [5, 5.41) is 6.11. The zero-order valence-electron chi connectivity index (χ0n) is 38.7. The number of furan rings is 1. The van der Waals surface area contributed by atoms with Crippen molar-refractivity contribution in [1.82, 2.24) is 4.57 Å². The molecule has 3 aliphatic rings. The Labute approximate surface area is 390 Å². The first-order valence-corrected chi connectivity index (χ1v) is 24.4. The average molecular weight is 869 g/mol. The molecule has 0 unspecified atom stereocenters. The highest BCUT2D eigenvalue weighted by molar-refractivity contribution is 7.32. The molecule has 5 heteroatoms. The molecule has 66 heavy (non-hydrogen) atoms. The Morgan fingerprint density at radius 1 is 0.576 bits per heavy atom. The molecule has 2 aliphatic heterocycles. The summed E-state index contributed by atoms with van der Waals surface area (Å²) in [4.78, 5) is 2.72. The van der Waals surface area contributed by atoms with Crippen molar-refractivity contribution in [2.24, 2.45) is 0 Å². The number of hydrogen-bond acceptors (Lipinski definition) is 3. The molecule has 11 aromatic rings. The van der Waals surface area contributed by atoms with Crippen LogP contribution in [0.4, 0.5) is 11.4 Å².